The topological polar surface area (TPSA) is 76.3 Å². The number of piperidine rings is 1. The molecule has 2 aromatic rings. The van der Waals surface area contributed by atoms with Gasteiger partial charge in [-0.25, -0.2) is 4.98 Å². The summed E-state index contributed by atoms with van der Waals surface area (Å²) in [6.07, 6.45) is 1.33. The lowest BCUT2D eigenvalue weighted by Crippen LogP contribution is -2.40. The third-order valence-corrected chi connectivity index (χ3v) is 5.71. The maximum Gasteiger partial charge on any atom is 0.273 e. The van der Waals surface area contributed by atoms with E-state index < -0.39 is 0 Å². The maximum atomic E-state index is 12.6. The molecule has 1 aromatic carbocycles. The molecular formula is C18H20ClN3O2S. The van der Waals surface area contributed by atoms with Crippen molar-refractivity contribution >= 4 is 34.6 Å². The van der Waals surface area contributed by atoms with Gasteiger partial charge in [0.1, 0.15) is 10.7 Å². The van der Waals surface area contributed by atoms with Crippen LogP contribution in [0.1, 0.15) is 51.7 Å². The smallest absolute Gasteiger partial charge is 0.273 e. The van der Waals surface area contributed by atoms with Gasteiger partial charge in [-0.05, 0) is 44.0 Å². The van der Waals surface area contributed by atoms with Crippen molar-refractivity contribution in [3.63, 3.8) is 0 Å². The molecule has 0 aliphatic carbocycles. The van der Waals surface area contributed by atoms with Crippen molar-refractivity contribution in [2.24, 2.45) is 11.7 Å². The molecule has 5 nitrogen and oxygen atoms in total. The number of hydrogen-bond acceptors (Lipinski definition) is 5. The molecule has 2 heterocycles. The summed E-state index contributed by atoms with van der Waals surface area (Å²) in [5, 5.41) is 3.13. The summed E-state index contributed by atoms with van der Waals surface area (Å²) in [5.74, 6) is -0.0162. The van der Waals surface area contributed by atoms with E-state index >= 15 is 0 Å². The monoisotopic (exact) mass is 377 g/mol. The second kappa shape index (κ2) is 7.64. The predicted molar refractivity (Wildman–Crippen MR) is 99.1 cm³/mol. The Balaban J connectivity index is 1.60. The summed E-state index contributed by atoms with van der Waals surface area (Å²) in [4.78, 5) is 31.2. The van der Waals surface area contributed by atoms with Crippen LogP contribution in [-0.4, -0.2) is 34.7 Å². The Morgan fingerprint density at radius 3 is 2.48 bits per heavy atom. The molecule has 1 aromatic heterocycles. The fourth-order valence-electron chi connectivity index (χ4n) is 2.95. The van der Waals surface area contributed by atoms with Crippen LogP contribution in [-0.2, 0) is 0 Å². The number of nitrogens with zero attached hydrogens (tertiary/aromatic N) is 2. The lowest BCUT2D eigenvalue weighted by Gasteiger charge is -2.31. The summed E-state index contributed by atoms with van der Waals surface area (Å²) in [6, 6.07) is 6.80. The number of ketones is 1. The van der Waals surface area contributed by atoms with Gasteiger partial charge in [0.15, 0.2) is 5.78 Å². The van der Waals surface area contributed by atoms with Crippen LogP contribution < -0.4 is 5.73 Å². The van der Waals surface area contributed by atoms with Crippen molar-refractivity contribution in [2.75, 3.05) is 13.1 Å². The molecule has 7 heteroatoms. The number of carbonyl (C=O) groups excluding carboxylic acids is 2. The number of carbonyl (C=O) groups is 2. The fourth-order valence-corrected chi connectivity index (χ4v) is 3.83. The standard InChI is InChI=1S/C18H20ClN3O2S/c1-11(20)17-21-15(10-25-17)18(24)22-8-6-13(7-9-22)16(23)12-2-4-14(19)5-3-12/h2-5,10-11,13H,6-9,20H2,1H3. The average molecular weight is 378 g/mol. The van der Waals surface area contributed by atoms with Crippen molar-refractivity contribution < 1.29 is 9.59 Å². The molecule has 1 amide bonds. The van der Waals surface area contributed by atoms with E-state index in [0.29, 0.717) is 42.2 Å². The maximum absolute atomic E-state index is 12.6. The van der Waals surface area contributed by atoms with Crippen LogP contribution in [0.4, 0.5) is 0 Å². The van der Waals surface area contributed by atoms with Gasteiger partial charge in [0.2, 0.25) is 0 Å². The first kappa shape index (κ1) is 18.0. The van der Waals surface area contributed by atoms with E-state index in [0.717, 1.165) is 5.01 Å². The first-order valence-corrected chi connectivity index (χ1v) is 9.51. The normalized spacial score (nSPS) is 16.7. The van der Waals surface area contributed by atoms with Gasteiger partial charge >= 0.3 is 0 Å². The van der Waals surface area contributed by atoms with Gasteiger partial charge in [0.05, 0.1) is 6.04 Å². The minimum absolute atomic E-state index is 0.0553. The van der Waals surface area contributed by atoms with Crippen molar-refractivity contribution in [3.8, 4) is 0 Å². The highest BCUT2D eigenvalue weighted by Crippen LogP contribution is 2.24. The molecule has 1 unspecified atom stereocenters. The van der Waals surface area contributed by atoms with Crippen LogP contribution in [0.3, 0.4) is 0 Å². The number of likely N-dealkylation sites (tertiary alicyclic amines) is 1. The van der Waals surface area contributed by atoms with Crippen molar-refractivity contribution in [2.45, 2.75) is 25.8 Å². The molecule has 0 saturated carbocycles. The van der Waals surface area contributed by atoms with Crippen molar-refractivity contribution in [1.82, 2.24) is 9.88 Å². The molecule has 2 N–H and O–H groups in total. The number of rotatable bonds is 4. The lowest BCUT2D eigenvalue weighted by molar-refractivity contribution is 0.0646. The van der Waals surface area contributed by atoms with Crippen LogP contribution in [0.5, 0.6) is 0 Å². The largest absolute Gasteiger partial charge is 0.337 e. The molecular weight excluding hydrogens is 358 g/mol. The molecule has 25 heavy (non-hydrogen) atoms. The summed E-state index contributed by atoms with van der Waals surface area (Å²) in [7, 11) is 0. The summed E-state index contributed by atoms with van der Waals surface area (Å²) in [5.41, 5.74) is 6.92. The average Bonchev–Trinajstić information content (AvgIpc) is 3.12. The van der Waals surface area contributed by atoms with Crippen LogP contribution in [0, 0.1) is 5.92 Å². The SMILES string of the molecule is CC(N)c1nc(C(=O)N2CCC(C(=O)c3ccc(Cl)cc3)CC2)cs1. The zero-order chi connectivity index (χ0) is 18.0. The molecule has 1 atom stereocenters. The Morgan fingerprint density at radius 1 is 1.28 bits per heavy atom. The highest BCUT2D eigenvalue weighted by molar-refractivity contribution is 7.09. The number of halogens is 1. The number of benzene rings is 1. The van der Waals surface area contributed by atoms with Crippen LogP contribution >= 0.6 is 22.9 Å². The number of aromatic nitrogens is 1. The quantitative estimate of drug-likeness (QED) is 0.826. The van der Waals surface area contributed by atoms with Gasteiger partial charge in [0, 0.05) is 35.0 Å². The van der Waals surface area contributed by atoms with E-state index in [2.05, 4.69) is 4.98 Å². The van der Waals surface area contributed by atoms with Crippen molar-refractivity contribution in [1.29, 1.82) is 0 Å². The molecule has 132 valence electrons. The summed E-state index contributed by atoms with van der Waals surface area (Å²) in [6.45, 7) is 2.97. The number of thiazole rings is 1. The van der Waals surface area contributed by atoms with E-state index in [4.69, 9.17) is 17.3 Å². The van der Waals surface area contributed by atoms with Crippen LogP contribution in [0.2, 0.25) is 5.02 Å². The highest BCUT2D eigenvalue weighted by Gasteiger charge is 2.29. The number of hydrogen-bond donors (Lipinski definition) is 1. The van der Waals surface area contributed by atoms with Gasteiger partial charge < -0.3 is 10.6 Å². The molecule has 1 fully saturated rings. The molecule has 0 spiro atoms. The number of nitrogens with two attached hydrogens (primary N) is 1. The first-order chi connectivity index (χ1) is 12.0. The Hall–Kier alpha value is -1.76. The van der Waals surface area contributed by atoms with Gasteiger partial charge in [-0.2, -0.15) is 0 Å². The van der Waals surface area contributed by atoms with Crippen LogP contribution in [0.15, 0.2) is 29.6 Å². The van der Waals surface area contributed by atoms with E-state index in [1.165, 1.54) is 11.3 Å². The third-order valence-electron chi connectivity index (χ3n) is 4.41. The number of Topliss-reactive ketones (excluding diaryl/α,β-unsaturated/α-hetero) is 1. The van der Waals surface area contributed by atoms with E-state index in [1.807, 2.05) is 6.92 Å². The van der Waals surface area contributed by atoms with Gasteiger partial charge in [0.25, 0.3) is 5.91 Å². The minimum Gasteiger partial charge on any atom is -0.337 e. The summed E-state index contributed by atoms with van der Waals surface area (Å²) >= 11 is 7.27. The Kier molecular flexibility index (Phi) is 5.51. The van der Waals surface area contributed by atoms with E-state index in [9.17, 15) is 9.59 Å². The molecule has 0 bridgehead atoms. The van der Waals surface area contributed by atoms with Crippen molar-refractivity contribution in [3.05, 3.63) is 50.9 Å². The predicted octanol–water partition coefficient (Wildman–Crippen LogP) is 3.55. The van der Waals surface area contributed by atoms with Gasteiger partial charge in [-0.15, -0.1) is 11.3 Å². The molecule has 3 rings (SSSR count). The summed E-state index contributed by atoms with van der Waals surface area (Å²) < 4.78 is 0. The molecule has 1 aliphatic heterocycles. The first-order valence-electron chi connectivity index (χ1n) is 8.25. The van der Waals surface area contributed by atoms with E-state index in [1.54, 1.807) is 34.5 Å². The number of amides is 1. The second-order valence-electron chi connectivity index (χ2n) is 6.30. The second-order valence-corrected chi connectivity index (χ2v) is 7.62. The zero-order valence-corrected chi connectivity index (χ0v) is 15.5. The zero-order valence-electron chi connectivity index (χ0n) is 13.9. The van der Waals surface area contributed by atoms with Gasteiger partial charge in [-0.3, -0.25) is 9.59 Å². The highest BCUT2D eigenvalue weighted by atomic mass is 35.5. The van der Waals surface area contributed by atoms with Gasteiger partial charge in [-0.1, -0.05) is 11.6 Å². The molecule has 1 aliphatic rings. The van der Waals surface area contributed by atoms with Crippen LogP contribution in [0.25, 0.3) is 0 Å². The molecule has 1 saturated heterocycles. The lowest BCUT2D eigenvalue weighted by atomic mass is 9.89. The molecule has 0 radical (unpaired) electrons. The minimum atomic E-state index is -0.172. The Morgan fingerprint density at radius 2 is 1.92 bits per heavy atom. The fraction of sp³-hybridized carbons (Fsp3) is 0.389. The Bertz CT molecular complexity index is 765. The Labute approximate surface area is 155 Å². The van der Waals surface area contributed by atoms with E-state index in [-0.39, 0.29) is 23.7 Å². The third kappa shape index (κ3) is 4.08.